The van der Waals surface area contributed by atoms with Gasteiger partial charge < -0.3 is 45.4 Å². The number of aromatic hydroxyl groups is 2. The predicted octanol–water partition coefficient (Wildman–Crippen LogP) is 8.57. The molecule has 7 N–H and O–H groups in total. The number of unbranched alkanes of at least 4 members (excludes halogenated alkanes) is 7. The molecule has 1 heterocycles. The molecule has 1 saturated heterocycles. The number of aliphatic hydroxyl groups is 4. The number of ether oxygens (including phenoxy) is 2. The van der Waals surface area contributed by atoms with E-state index in [4.69, 9.17) is 9.47 Å². The van der Waals surface area contributed by atoms with Crippen molar-refractivity contribution in [2.24, 2.45) is 0 Å². The zero-order valence-electron chi connectivity index (χ0n) is 37.9. The Morgan fingerprint density at radius 3 is 1.88 bits per heavy atom. The lowest BCUT2D eigenvalue weighted by Gasteiger charge is -2.45. The Labute approximate surface area is 391 Å². The summed E-state index contributed by atoms with van der Waals surface area (Å²) in [5.41, 5.74) is 7.23. The van der Waals surface area contributed by atoms with Crippen molar-refractivity contribution in [2.45, 2.75) is 121 Å². The Morgan fingerprint density at radius 2 is 1.24 bits per heavy atom. The van der Waals surface area contributed by atoms with Crippen LogP contribution in [-0.4, -0.2) is 85.4 Å². The van der Waals surface area contributed by atoms with Crippen molar-refractivity contribution in [3.63, 3.8) is 0 Å². The van der Waals surface area contributed by atoms with Crippen LogP contribution in [-0.2, 0) is 25.7 Å². The average Bonchev–Trinajstić information content (AvgIpc) is 3.33. The van der Waals surface area contributed by atoms with Gasteiger partial charge in [-0.3, -0.25) is 14.4 Å². The first-order valence-corrected chi connectivity index (χ1v) is 23.4. The fourth-order valence-corrected chi connectivity index (χ4v) is 9.48. The zero-order chi connectivity index (χ0) is 47.5. The number of rotatable bonds is 20. The molecule has 0 bridgehead atoms. The standard InChI is InChI=1S/C55H61NO11/c1-2-39(35-18-11-9-12-19-35)47(36-20-13-10-14-21-36)37-26-28-38(29-27-37)56-45(60)24-15-7-5-3-4-6-8-16-25-46(61)66-33-34-30-41-48(55-54(65)53(64)51(62)44(32-57)67-55)40-22-17-23-42(58)49(40)52(63)50(41)43(59)31-34/h9-14,17-23,26-31,44,48,51,53-55,57-59,62,64-65H,2-8,15-16,24-25,32-33H2,1H3,(H,56,60)/b47-39-/t44-,48?,51-,53+,54-,55+/m0/s1. The van der Waals surface area contributed by atoms with Gasteiger partial charge in [-0.1, -0.05) is 136 Å². The number of carbonyl (C=O) groups excluding carboxylic acids is 3. The third-order valence-corrected chi connectivity index (χ3v) is 12.9. The molecule has 0 spiro atoms. The van der Waals surface area contributed by atoms with Crippen molar-refractivity contribution >= 4 is 34.5 Å². The number of phenols is 2. The summed E-state index contributed by atoms with van der Waals surface area (Å²) < 4.78 is 11.5. The number of aliphatic hydroxyl groups excluding tert-OH is 4. The molecule has 12 nitrogen and oxygen atoms in total. The summed E-state index contributed by atoms with van der Waals surface area (Å²) in [5, 5.41) is 66.9. The van der Waals surface area contributed by atoms with Crippen LogP contribution in [0.5, 0.6) is 11.5 Å². The quantitative estimate of drug-likeness (QED) is 0.0224. The van der Waals surface area contributed by atoms with E-state index in [1.807, 2.05) is 24.3 Å². The van der Waals surface area contributed by atoms with Gasteiger partial charge in [0.05, 0.1) is 23.8 Å². The molecule has 2 aliphatic rings. The number of ketones is 1. The highest BCUT2D eigenvalue weighted by molar-refractivity contribution is 6.16. The topological polar surface area (TPSA) is 203 Å². The SMILES string of the molecule is CC/C(=C(\c1ccccc1)c1ccc(NC(=O)CCCCCCCCCCC(=O)OCc2cc(O)c3c(c2)C([C@H]2O[C@@H](CO)[C@H](O)[C@@H](O)[C@@H]2O)c2cccc(O)c2C3=O)cc1)c1ccccc1. The number of hydrogen-bond acceptors (Lipinski definition) is 11. The van der Waals surface area contributed by atoms with Crippen LogP contribution in [0, 0.1) is 0 Å². The molecule has 352 valence electrons. The van der Waals surface area contributed by atoms with Crippen molar-refractivity contribution < 1.29 is 54.5 Å². The summed E-state index contributed by atoms with van der Waals surface area (Å²) in [7, 11) is 0. The number of nitrogens with one attached hydrogen (secondary N) is 1. The lowest BCUT2D eigenvalue weighted by atomic mass is 9.71. The fourth-order valence-electron chi connectivity index (χ4n) is 9.48. The van der Waals surface area contributed by atoms with E-state index in [1.54, 1.807) is 12.1 Å². The molecule has 1 aliphatic heterocycles. The van der Waals surface area contributed by atoms with Crippen LogP contribution >= 0.6 is 0 Å². The Bertz CT molecular complexity index is 2500. The molecule has 6 atom stereocenters. The van der Waals surface area contributed by atoms with Gasteiger partial charge >= 0.3 is 5.97 Å². The number of allylic oxidation sites excluding steroid dienone is 1. The molecule has 5 aromatic rings. The second-order valence-electron chi connectivity index (χ2n) is 17.5. The van der Waals surface area contributed by atoms with Gasteiger partial charge in [-0.2, -0.15) is 0 Å². The van der Waals surface area contributed by atoms with Crippen molar-refractivity contribution in [2.75, 3.05) is 11.9 Å². The van der Waals surface area contributed by atoms with Crippen molar-refractivity contribution in [1.82, 2.24) is 0 Å². The Balaban J connectivity index is 0.824. The molecule has 0 radical (unpaired) electrons. The Morgan fingerprint density at radius 1 is 0.642 bits per heavy atom. The Kier molecular flexibility index (Phi) is 16.8. The number of phenolic OH excluding ortho intramolecular Hbond substituents is 2. The van der Waals surface area contributed by atoms with E-state index in [1.165, 1.54) is 34.9 Å². The maximum absolute atomic E-state index is 13.7. The van der Waals surface area contributed by atoms with E-state index in [9.17, 15) is 45.0 Å². The molecule has 67 heavy (non-hydrogen) atoms. The highest BCUT2D eigenvalue weighted by Gasteiger charge is 2.50. The summed E-state index contributed by atoms with van der Waals surface area (Å²) in [5.74, 6) is -2.91. The van der Waals surface area contributed by atoms with Gasteiger partial charge in [0.15, 0.2) is 0 Å². The van der Waals surface area contributed by atoms with Crippen LogP contribution < -0.4 is 5.32 Å². The number of carbonyl (C=O) groups is 3. The second-order valence-corrected chi connectivity index (χ2v) is 17.5. The maximum atomic E-state index is 13.7. The summed E-state index contributed by atoms with van der Waals surface area (Å²) in [6.45, 7) is 1.30. The molecule has 1 fully saturated rings. The van der Waals surface area contributed by atoms with E-state index in [2.05, 4.69) is 72.9 Å². The largest absolute Gasteiger partial charge is 0.507 e. The Hall–Kier alpha value is -6.15. The maximum Gasteiger partial charge on any atom is 0.306 e. The van der Waals surface area contributed by atoms with Crippen molar-refractivity contribution in [1.29, 1.82) is 0 Å². The second kappa shape index (κ2) is 23.0. The van der Waals surface area contributed by atoms with E-state index in [-0.39, 0.29) is 46.9 Å². The van der Waals surface area contributed by atoms with E-state index in [0.29, 0.717) is 18.4 Å². The lowest BCUT2D eigenvalue weighted by Crippen LogP contribution is -2.60. The molecule has 7 rings (SSSR count). The number of anilines is 1. The molecule has 12 heteroatoms. The molecule has 5 aromatic carbocycles. The minimum atomic E-state index is -1.70. The van der Waals surface area contributed by atoms with E-state index < -0.39 is 60.5 Å². The van der Waals surface area contributed by atoms with Gasteiger partial charge in [0.1, 0.15) is 42.5 Å². The van der Waals surface area contributed by atoms with Gasteiger partial charge in [0.25, 0.3) is 0 Å². The van der Waals surface area contributed by atoms with Crippen LogP contribution in [0.2, 0.25) is 0 Å². The summed E-state index contributed by atoms with van der Waals surface area (Å²) in [4.78, 5) is 39.2. The highest BCUT2D eigenvalue weighted by atomic mass is 16.5. The van der Waals surface area contributed by atoms with Gasteiger partial charge in [-0.25, -0.2) is 0 Å². The number of fused-ring (bicyclic) bond motifs is 2. The smallest absolute Gasteiger partial charge is 0.306 e. The van der Waals surface area contributed by atoms with Crippen LogP contribution in [0.15, 0.2) is 115 Å². The van der Waals surface area contributed by atoms with Crippen LogP contribution in [0.1, 0.15) is 133 Å². The molecule has 0 saturated carbocycles. The average molecular weight is 912 g/mol. The first-order chi connectivity index (χ1) is 32.5. The summed E-state index contributed by atoms with van der Waals surface area (Å²) in [6.07, 6.45) is 1.27. The number of amides is 1. The first kappa shape index (κ1) is 48.8. The van der Waals surface area contributed by atoms with Crippen LogP contribution in [0.4, 0.5) is 5.69 Å². The predicted molar refractivity (Wildman–Crippen MR) is 255 cm³/mol. The van der Waals surface area contributed by atoms with Gasteiger partial charge in [0.2, 0.25) is 11.7 Å². The fraction of sp³-hybridized carbons (Fsp3) is 0.364. The van der Waals surface area contributed by atoms with E-state index >= 15 is 0 Å². The van der Waals surface area contributed by atoms with E-state index in [0.717, 1.165) is 68.2 Å². The summed E-state index contributed by atoms with van der Waals surface area (Å²) in [6, 6.07) is 36.2. The van der Waals surface area contributed by atoms with Crippen LogP contribution in [0.25, 0.3) is 11.1 Å². The number of benzene rings is 5. The monoisotopic (exact) mass is 911 g/mol. The molecule has 1 amide bonds. The molecule has 0 aromatic heterocycles. The minimum absolute atomic E-state index is 0.000261. The lowest BCUT2D eigenvalue weighted by molar-refractivity contribution is -0.232. The number of hydrogen-bond donors (Lipinski definition) is 7. The first-order valence-electron chi connectivity index (χ1n) is 23.4. The normalized spacial score (nSPS) is 20.3. The molecule has 1 unspecified atom stereocenters. The third kappa shape index (κ3) is 11.5. The molecule has 1 aliphatic carbocycles. The van der Waals surface area contributed by atoms with Gasteiger partial charge in [0, 0.05) is 24.4 Å². The van der Waals surface area contributed by atoms with Gasteiger partial charge in [-0.05, 0) is 88.1 Å². The minimum Gasteiger partial charge on any atom is -0.507 e. The third-order valence-electron chi connectivity index (χ3n) is 12.9. The van der Waals surface area contributed by atoms with Crippen LogP contribution in [0.3, 0.4) is 0 Å². The van der Waals surface area contributed by atoms with Crippen molar-refractivity contribution in [3.8, 4) is 11.5 Å². The van der Waals surface area contributed by atoms with Crippen molar-refractivity contribution in [3.05, 3.63) is 160 Å². The number of esters is 1. The highest BCUT2D eigenvalue weighted by Crippen LogP contribution is 2.48. The molecular formula is C55H61NO11. The zero-order valence-corrected chi connectivity index (χ0v) is 37.9. The van der Waals surface area contributed by atoms with Gasteiger partial charge in [-0.15, -0.1) is 0 Å². The summed E-state index contributed by atoms with van der Waals surface area (Å²) >= 11 is 0. The molecular weight excluding hydrogens is 851 g/mol.